The van der Waals surface area contributed by atoms with E-state index in [4.69, 9.17) is 40.2 Å². The number of imidazole rings is 1. The summed E-state index contributed by atoms with van der Waals surface area (Å²) in [6.45, 7) is 2.78. The standard InChI is InChI=1S/C20H18Cl2N2OS2/c1-2-14-3-6-16(7-4-14)25-20(26)27-19(12-24-10-9-23-13-24)17-8-5-15(21)11-18(17)22/h3-11,13,19H,2,12H2,1H3. The van der Waals surface area contributed by atoms with Crippen molar-refractivity contribution in [1.29, 1.82) is 0 Å². The Morgan fingerprint density at radius 2 is 2.00 bits per heavy atom. The van der Waals surface area contributed by atoms with E-state index in [1.807, 2.05) is 47.2 Å². The molecular weight excluding hydrogens is 419 g/mol. The minimum atomic E-state index is -0.0358. The summed E-state index contributed by atoms with van der Waals surface area (Å²) < 4.78 is 8.28. The van der Waals surface area contributed by atoms with Gasteiger partial charge in [-0.05, 0) is 54.0 Å². The number of halogens is 2. The van der Waals surface area contributed by atoms with Crippen molar-refractivity contribution >= 4 is 51.6 Å². The smallest absolute Gasteiger partial charge is 0.226 e. The van der Waals surface area contributed by atoms with Gasteiger partial charge in [0.15, 0.2) is 0 Å². The molecule has 3 aromatic rings. The highest BCUT2D eigenvalue weighted by Crippen LogP contribution is 2.37. The number of benzene rings is 2. The molecule has 3 rings (SSSR count). The quantitative estimate of drug-likeness (QED) is 0.407. The van der Waals surface area contributed by atoms with E-state index in [1.165, 1.54) is 17.3 Å². The number of nitrogens with zero attached hydrogens (tertiary/aromatic N) is 2. The van der Waals surface area contributed by atoms with E-state index in [-0.39, 0.29) is 5.25 Å². The number of rotatable bonds is 6. The molecule has 1 aromatic heterocycles. The van der Waals surface area contributed by atoms with Gasteiger partial charge in [0, 0.05) is 29.0 Å². The molecular formula is C20H18Cl2N2OS2. The van der Waals surface area contributed by atoms with Crippen LogP contribution < -0.4 is 4.74 Å². The summed E-state index contributed by atoms with van der Waals surface area (Å²) in [6.07, 6.45) is 6.41. The Kier molecular flexibility index (Phi) is 7.19. The number of hydrogen-bond acceptors (Lipinski definition) is 4. The van der Waals surface area contributed by atoms with E-state index in [1.54, 1.807) is 18.6 Å². The van der Waals surface area contributed by atoms with Gasteiger partial charge >= 0.3 is 0 Å². The first kappa shape index (κ1) is 20.2. The molecule has 0 aliphatic heterocycles. The van der Waals surface area contributed by atoms with E-state index >= 15 is 0 Å². The first-order chi connectivity index (χ1) is 13.0. The topological polar surface area (TPSA) is 27.1 Å². The van der Waals surface area contributed by atoms with Crippen molar-refractivity contribution in [3.63, 3.8) is 0 Å². The number of aromatic nitrogens is 2. The number of hydrogen-bond donors (Lipinski definition) is 0. The van der Waals surface area contributed by atoms with Gasteiger partial charge in [0.05, 0.1) is 11.6 Å². The fourth-order valence-corrected chi connectivity index (χ4v) is 4.58. The predicted molar refractivity (Wildman–Crippen MR) is 118 cm³/mol. The Hall–Kier alpha value is -1.53. The monoisotopic (exact) mass is 436 g/mol. The first-order valence-electron chi connectivity index (χ1n) is 8.43. The van der Waals surface area contributed by atoms with Gasteiger partial charge in [0.2, 0.25) is 4.38 Å². The van der Waals surface area contributed by atoms with E-state index in [2.05, 4.69) is 11.9 Å². The number of thioether (sulfide) groups is 1. The Morgan fingerprint density at radius 1 is 1.22 bits per heavy atom. The maximum atomic E-state index is 6.43. The summed E-state index contributed by atoms with van der Waals surface area (Å²) in [5.74, 6) is 0.730. The SMILES string of the molecule is CCc1ccc(OC(=S)SC(Cn2ccnc2)c2ccc(Cl)cc2Cl)cc1. The Bertz CT molecular complexity index is 899. The molecule has 0 spiro atoms. The van der Waals surface area contributed by atoms with Crippen LogP contribution in [0.3, 0.4) is 0 Å². The van der Waals surface area contributed by atoms with Crippen molar-refractivity contribution in [3.8, 4) is 5.75 Å². The second-order valence-electron chi connectivity index (χ2n) is 5.88. The zero-order valence-electron chi connectivity index (χ0n) is 14.6. The van der Waals surface area contributed by atoms with E-state index in [0.29, 0.717) is 21.0 Å². The van der Waals surface area contributed by atoms with Crippen LogP contribution in [0.1, 0.15) is 23.3 Å². The maximum Gasteiger partial charge on any atom is 0.226 e. The van der Waals surface area contributed by atoms with Crippen LogP contribution in [0.5, 0.6) is 5.75 Å². The summed E-state index contributed by atoms with van der Waals surface area (Å²) in [4.78, 5) is 4.10. The summed E-state index contributed by atoms with van der Waals surface area (Å²) in [5.41, 5.74) is 2.21. The minimum absolute atomic E-state index is 0.0358. The Morgan fingerprint density at radius 3 is 2.63 bits per heavy atom. The molecule has 1 unspecified atom stereocenters. The molecule has 3 nitrogen and oxygen atoms in total. The minimum Gasteiger partial charge on any atom is -0.440 e. The fraction of sp³-hybridized carbons (Fsp3) is 0.200. The van der Waals surface area contributed by atoms with Crippen LogP contribution in [0.15, 0.2) is 61.2 Å². The molecule has 2 aromatic carbocycles. The molecule has 0 bridgehead atoms. The lowest BCUT2D eigenvalue weighted by Gasteiger charge is -2.19. The summed E-state index contributed by atoms with van der Waals surface area (Å²) in [6, 6.07) is 13.5. The third-order valence-corrected chi connectivity index (χ3v) is 5.91. The molecule has 0 aliphatic rings. The molecule has 0 amide bonds. The second kappa shape index (κ2) is 9.60. The van der Waals surface area contributed by atoms with Gasteiger partial charge < -0.3 is 9.30 Å². The highest BCUT2D eigenvalue weighted by Gasteiger charge is 2.20. The van der Waals surface area contributed by atoms with Gasteiger partial charge in [-0.1, -0.05) is 60.1 Å². The molecule has 27 heavy (non-hydrogen) atoms. The van der Waals surface area contributed by atoms with Crippen LogP contribution in [-0.4, -0.2) is 13.9 Å². The van der Waals surface area contributed by atoms with Crippen LogP contribution in [0.25, 0.3) is 0 Å². The normalized spacial score (nSPS) is 12.0. The van der Waals surface area contributed by atoms with Gasteiger partial charge in [-0.15, -0.1) is 0 Å². The van der Waals surface area contributed by atoms with Crippen molar-refractivity contribution < 1.29 is 4.74 Å². The predicted octanol–water partition coefficient (Wildman–Crippen LogP) is 6.59. The third-order valence-electron chi connectivity index (χ3n) is 4.02. The van der Waals surface area contributed by atoms with Crippen molar-refractivity contribution in [2.75, 3.05) is 0 Å². The molecule has 1 heterocycles. The van der Waals surface area contributed by atoms with Crippen molar-refractivity contribution in [2.24, 2.45) is 0 Å². The van der Waals surface area contributed by atoms with Gasteiger partial charge in [-0.3, -0.25) is 0 Å². The number of ether oxygens (including phenoxy) is 1. The molecule has 0 saturated carbocycles. The van der Waals surface area contributed by atoms with Crippen LogP contribution in [-0.2, 0) is 13.0 Å². The van der Waals surface area contributed by atoms with Crippen LogP contribution in [0.2, 0.25) is 10.0 Å². The Balaban J connectivity index is 1.76. The van der Waals surface area contributed by atoms with Gasteiger partial charge in [-0.25, -0.2) is 4.98 Å². The molecule has 0 aliphatic carbocycles. The molecule has 0 radical (unpaired) electrons. The summed E-state index contributed by atoms with van der Waals surface area (Å²) in [7, 11) is 0. The van der Waals surface area contributed by atoms with Gasteiger partial charge in [0.1, 0.15) is 5.75 Å². The number of aryl methyl sites for hydroxylation is 1. The van der Waals surface area contributed by atoms with Crippen molar-refractivity contribution in [2.45, 2.75) is 25.1 Å². The summed E-state index contributed by atoms with van der Waals surface area (Å²) >= 11 is 19.4. The highest BCUT2D eigenvalue weighted by molar-refractivity contribution is 8.22. The zero-order chi connectivity index (χ0) is 19.2. The first-order valence-corrected chi connectivity index (χ1v) is 10.5. The fourth-order valence-electron chi connectivity index (χ4n) is 2.58. The zero-order valence-corrected chi connectivity index (χ0v) is 17.8. The average molecular weight is 437 g/mol. The van der Waals surface area contributed by atoms with E-state index < -0.39 is 0 Å². The lowest BCUT2D eigenvalue weighted by molar-refractivity contribution is 0.577. The van der Waals surface area contributed by atoms with E-state index in [0.717, 1.165) is 17.7 Å². The van der Waals surface area contributed by atoms with Crippen LogP contribution in [0.4, 0.5) is 0 Å². The third kappa shape index (κ3) is 5.72. The van der Waals surface area contributed by atoms with E-state index in [9.17, 15) is 0 Å². The van der Waals surface area contributed by atoms with Crippen molar-refractivity contribution in [1.82, 2.24) is 9.55 Å². The largest absolute Gasteiger partial charge is 0.440 e. The molecule has 140 valence electrons. The molecule has 7 heteroatoms. The van der Waals surface area contributed by atoms with Gasteiger partial charge in [-0.2, -0.15) is 0 Å². The number of thiocarbonyl (C=S) groups is 1. The molecule has 1 atom stereocenters. The molecule has 0 saturated heterocycles. The average Bonchev–Trinajstić information content (AvgIpc) is 3.15. The molecule has 0 N–H and O–H groups in total. The highest BCUT2D eigenvalue weighted by atomic mass is 35.5. The van der Waals surface area contributed by atoms with Gasteiger partial charge in [0.25, 0.3) is 0 Å². The summed E-state index contributed by atoms with van der Waals surface area (Å²) in [5, 5.41) is 1.17. The maximum absolute atomic E-state index is 6.43. The van der Waals surface area contributed by atoms with Crippen molar-refractivity contribution in [3.05, 3.63) is 82.4 Å². The van der Waals surface area contributed by atoms with Crippen LogP contribution >= 0.6 is 47.2 Å². The lowest BCUT2D eigenvalue weighted by Crippen LogP contribution is -2.10. The lowest BCUT2D eigenvalue weighted by atomic mass is 10.1. The van der Waals surface area contributed by atoms with Crippen LogP contribution in [0, 0.1) is 0 Å². The Labute approximate surface area is 178 Å². The molecule has 0 fully saturated rings. The second-order valence-corrected chi connectivity index (χ2v) is 8.53.